The number of sulfonamides is 1. The van der Waals surface area contributed by atoms with Crippen LogP contribution in [0.4, 0.5) is 11.8 Å². The molecule has 0 bridgehead atoms. The Hall–Kier alpha value is -1.49. The molecule has 2 aromatic rings. The second kappa shape index (κ2) is 6.31. The number of nitrogens with two attached hydrogens (primary N) is 1. The molecule has 0 atom stereocenters. The topological polar surface area (TPSA) is 122 Å². The third kappa shape index (κ3) is 3.54. The van der Waals surface area contributed by atoms with Gasteiger partial charge in [0.05, 0.1) is 11.1 Å². The molecule has 0 saturated carbocycles. The van der Waals surface area contributed by atoms with Gasteiger partial charge in [-0.1, -0.05) is 6.92 Å². The first-order valence-corrected chi connectivity index (χ1v) is 8.52. The van der Waals surface area contributed by atoms with Crippen molar-refractivity contribution in [2.24, 2.45) is 5.84 Å². The molecule has 110 valence electrons. The number of anilines is 2. The van der Waals surface area contributed by atoms with Crippen LogP contribution in [0.3, 0.4) is 0 Å². The smallest absolute Gasteiger partial charge is 0.240 e. The van der Waals surface area contributed by atoms with E-state index in [-0.39, 0.29) is 18.2 Å². The third-order valence-electron chi connectivity index (χ3n) is 2.48. The highest BCUT2D eigenvalue weighted by atomic mass is 32.2. The van der Waals surface area contributed by atoms with Crippen LogP contribution in [0.2, 0.25) is 0 Å². The Morgan fingerprint density at radius 2 is 2.20 bits per heavy atom. The van der Waals surface area contributed by atoms with E-state index in [1.807, 2.05) is 11.4 Å². The highest BCUT2D eigenvalue weighted by molar-refractivity contribution is 7.89. The summed E-state index contributed by atoms with van der Waals surface area (Å²) in [6, 6.07) is 1.88. The van der Waals surface area contributed by atoms with Gasteiger partial charge in [0.2, 0.25) is 16.0 Å². The molecule has 0 aliphatic carbocycles. The molecular formula is C10H16N6O2S2. The van der Waals surface area contributed by atoms with Crippen LogP contribution in [0.25, 0.3) is 10.2 Å². The van der Waals surface area contributed by atoms with E-state index < -0.39 is 10.0 Å². The highest BCUT2D eigenvalue weighted by Gasteiger charge is 2.11. The lowest BCUT2D eigenvalue weighted by Gasteiger charge is -2.09. The number of hydrogen-bond acceptors (Lipinski definition) is 8. The zero-order valence-electron chi connectivity index (χ0n) is 10.9. The van der Waals surface area contributed by atoms with Crippen LogP contribution in [-0.2, 0) is 10.0 Å². The molecule has 20 heavy (non-hydrogen) atoms. The molecular weight excluding hydrogens is 300 g/mol. The number of aromatic nitrogens is 2. The third-order valence-corrected chi connectivity index (χ3v) is 4.76. The molecule has 0 aromatic carbocycles. The van der Waals surface area contributed by atoms with E-state index in [4.69, 9.17) is 5.84 Å². The number of nitrogen functional groups attached to an aromatic ring is 1. The minimum absolute atomic E-state index is 0.0259. The quantitative estimate of drug-likeness (QED) is 0.429. The monoisotopic (exact) mass is 316 g/mol. The van der Waals surface area contributed by atoms with E-state index >= 15 is 0 Å². The van der Waals surface area contributed by atoms with Gasteiger partial charge >= 0.3 is 0 Å². The van der Waals surface area contributed by atoms with Crippen molar-refractivity contribution < 1.29 is 8.42 Å². The molecule has 2 rings (SSSR count). The summed E-state index contributed by atoms with van der Waals surface area (Å²) in [6.45, 7) is 2.37. The van der Waals surface area contributed by atoms with Crippen LogP contribution in [0, 0.1) is 0 Å². The lowest BCUT2D eigenvalue weighted by atomic mass is 10.4. The van der Waals surface area contributed by atoms with Gasteiger partial charge in [0, 0.05) is 13.1 Å². The van der Waals surface area contributed by atoms with E-state index in [1.54, 1.807) is 6.92 Å². The number of nitrogens with zero attached hydrogens (tertiary/aromatic N) is 2. The summed E-state index contributed by atoms with van der Waals surface area (Å²) in [7, 11) is -3.25. The minimum atomic E-state index is -3.25. The Kier molecular flexibility index (Phi) is 4.70. The van der Waals surface area contributed by atoms with Gasteiger partial charge in [-0.05, 0) is 11.4 Å². The van der Waals surface area contributed by atoms with Gasteiger partial charge in [-0.3, -0.25) is 5.43 Å². The van der Waals surface area contributed by atoms with Crippen molar-refractivity contribution >= 4 is 43.3 Å². The first-order valence-electron chi connectivity index (χ1n) is 5.99. The van der Waals surface area contributed by atoms with Crippen LogP contribution >= 0.6 is 11.3 Å². The first kappa shape index (κ1) is 14.9. The normalized spacial score (nSPS) is 11.7. The Morgan fingerprint density at radius 1 is 1.40 bits per heavy atom. The summed E-state index contributed by atoms with van der Waals surface area (Å²) in [5.74, 6) is 6.14. The van der Waals surface area contributed by atoms with Crippen molar-refractivity contribution in [1.82, 2.24) is 14.7 Å². The Bertz CT molecular complexity index is 684. The minimum Gasteiger partial charge on any atom is -0.368 e. The second-order valence-corrected chi connectivity index (χ2v) is 6.74. The summed E-state index contributed by atoms with van der Waals surface area (Å²) >= 11 is 1.46. The zero-order chi connectivity index (χ0) is 14.6. The Balaban J connectivity index is 2.11. The maximum atomic E-state index is 11.5. The van der Waals surface area contributed by atoms with Crippen LogP contribution in [0.1, 0.15) is 6.92 Å². The summed E-state index contributed by atoms with van der Waals surface area (Å²) in [6.07, 6.45) is 0. The predicted molar refractivity (Wildman–Crippen MR) is 81.2 cm³/mol. The summed E-state index contributed by atoms with van der Waals surface area (Å²) < 4.78 is 25.5. The maximum absolute atomic E-state index is 11.5. The highest BCUT2D eigenvalue weighted by Crippen LogP contribution is 2.25. The standard InChI is InChI=1S/C10H16N6O2S2/c1-2-13-20(17,18)6-4-12-8-7-3-5-19-9(7)15-10(14-8)16-11/h3,5,13H,2,4,6,11H2,1H3,(H2,12,14,15,16). The van der Waals surface area contributed by atoms with Gasteiger partial charge in [-0.15, -0.1) is 11.3 Å². The van der Waals surface area contributed by atoms with Crippen molar-refractivity contribution in [1.29, 1.82) is 0 Å². The van der Waals surface area contributed by atoms with Crippen LogP contribution < -0.4 is 21.3 Å². The molecule has 0 spiro atoms. The van der Waals surface area contributed by atoms with Gasteiger partial charge in [0.15, 0.2) is 0 Å². The molecule has 10 heteroatoms. The summed E-state index contributed by atoms with van der Waals surface area (Å²) in [4.78, 5) is 9.17. The molecule has 2 heterocycles. The van der Waals surface area contributed by atoms with E-state index in [9.17, 15) is 8.42 Å². The zero-order valence-corrected chi connectivity index (χ0v) is 12.5. The molecule has 0 saturated heterocycles. The largest absolute Gasteiger partial charge is 0.368 e. The maximum Gasteiger partial charge on any atom is 0.240 e. The number of nitrogens with one attached hydrogen (secondary N) is 3. The van der Waals surface area contributed by atoms with Gasteiger partial charge in [-0.2, -0.15) is 4.98 Å². The van der Waals surface area contributed by atoms with Crippen LogP contribution in [-0.4, -0.2) is 37.2 Å². The molecule has 0 unspecified atom stereocenters. The Labute approximate surface area is 120 Å². The van der Waals surface area contributed by atoms with E-state index in [0.29, 0.717) is 12.4 Å². The van der Waals surface area contributed by atoms with Crippen molar-refractivity contribution in [2.75, 3.05) is 29.6 Å². The fraction of sp³-hybridized carbons (Fsp3) is 0.400. The summed E-state index contributed by atoms with van der Waals surface area (Å²) in [5.41, 5.74) is 2.39. The number of hydrazine groups is 1. The van der Waals surface area contributed by atoms with Gasteiger partial charge in [-0.25, -0.2) is 24.0 Å². The van der Waals surface area contributed by atoms with Crippen molar-refractivity contribution in [3.63, 3.8) is 0 Å². The average molecular weight is 316 g/mol. The SMILES string of the molecule is CCNS(=O)(=O)CCNc1nc(NN)nc2sccc12. The fourth-order valence-electron chi connectivity index (χ4n) is 1.65. The van der Waals surface area contributed by atoms with Crippen molar-refractivity contribution in [2.45, 2.75) is 6.92 Å². The van der Waals surface area contributed by atoms with Gasteiger partial charge in [0.1, 0.15) is 10.6 Å². The average Bonchev–Trinajstić information content (AvgIpc) is 2.86. The van der Waals surface area contributed by atoms with Gasteiger partial charge in [0.25, 0.3) is 0 Å². The molecule has 0 aliphatic heterocycles. The van der Waals surface area contributed by atoms with Gasteiger partial charge < -0.3 is 5.32 Å². The van der Waals surface area contributed by atoms with Crippen molar-refractivity contribution in [3.05, 3.63) is 11.4 Å². The summed E-state index contributed by atoms with van der Waals surface area (Å²) in [5, 5.41) is 5.74. The Morgan fingerprint density at radius 3 is 2.90 bits per heavy atom. The number of thiophene rings is 1. The predicted octanol–water partition coefficient (Wildman–Crippen LogP) is 0.328. The van der Waals surface area contributed by atoms with Crippen molar-refractivity contribution in [3.8, 4) is 0 Å². The number of hydrogen-bond donors (Lipinski definition) is 4. The second-order valence-electron chi connectivity index (χ2n) is 3.92. The van der Waals surface area contributed by atoms with E-state index in [1.165, 1.54) is 11.3 Å². The molecule has 0 amide bonds. The molecule has 0 radical (unpaired) electrons. The van der Waals surface area contributed by atoms with E-state index in [0.717, 1.165) is 10.2 Å². The molecule has 8 nitrogen and oxygen atoms in total. The molecule has 0 aliphatic rings. The molecule has 5 N–H and O–H groups in total. The van der Waals surface area contributed by atoms with Crippen LogP contribution in [0.15, 0.2) is 11.4 Å². The van der Waals surface area contributed by atoms with E-state index in [2.05, 4.69) is 25.4 Å². The number of rotatable bonds is 7. The lowest BCUT2D eigenvalue weighted by molar-refractivity contribution is 0.584. The molecule has 0 fully saturated rings. The lowest BCUT2D eigenvalue weighted by Crippen LogP contribution is -2.29. The number of fused-ring (bicyclic) bond motifs is 1. The first-order chi connectivity index (χ1) is 9.55. The molecule has 2 aromatic heterocycles. The van der Waals surface area contributed by atoms with Crippen LogP contribution in [0.5, 0.6) is 0 Å². The fourth-order valence-corrected chi connectivity index (χ4v) is 3.37.